The molecular weight excluding hydrogens is 239 g/mol. The molecule has 0 spiro atoms. The van der Waals surface area contributed by atoms with Gasteiger partial charge in [0, 0.05) is 0 Å². The van der Waals surface area contributed by atoms with Gasteiger partial charge >= 0.3 is 0 Å². The third-order valence-corrected chi connectivity index (χ3v) is 3.33. The second kappa shape index (κ2) is 4.53. The third kappa shape index (κ3) is 2.22. The fourth-order valence-electron chi connectivity index (χ4n) is 1.92. The van der Waals surface area contributed by atoms with Crippen LogP contribution in [0.2, 0.25) is 0 Å². The number of halogens is 2. The molecule has 0 bridgehead atoms. The fourth-order valence-corrected chi connectivity index (χ4v) is 2.27. The van der Waals surface area contributed by atoms with Crippen molar-refractivity contribution in [2.75, 3.05) is 0 Å². The summed E-state index contributed by atoms with van der Waals surface area (Å²) in [5, 5.41) is -0.372. The zero-order valence-corrected chi connectivity index (χ0v) is 10.8. The van der Waals surface area contributed by atoms with Crippen molar-refractivity contribution in [1.82, 2.24) is 0 Å². The molecule has 0 aliphatic heterocycles. The van der Waals surface area contributed by atoms with Crippen molar-refractivity contribution in [2.24, 2.45) is 0 Å². The van der Waals surface area contributed by atoms with Crippen LogP contribution >= 0.6 is 11.6 Å². The minimum Gasteiger partial charge on any atom is -0.467 e. The van der Waals surface area contributed by atoms with Crippen molar-refractivity contribution in [3.05, 3.63) is 58.3 Å². The second-order valence-corrected chi connectivity index (χ2v) is 4.74. The van der Waals surface area contributed by atoms with Crippen LogP contribution in [0, 0.1) is 26.6 Å². The molecule has 1 heterocycles. The van der Waals surface area contributed by atoms with E-state index in [9.17, 15) is 4.39 Å². The van der Waals surface area contributed by atoms with Crippen LogP contribution in [0.15, 0.2) is 28.9 Å². The Labute approximate surface area is 105 Å². The maximum absolute atomic E-state index is 13.5. The highest BCUT2D eigenvalue weighted by Crippen LogP contribution is 2.33. The van der Waals surface area contributed by atoms with E-state index in [0.29, 0.717) is 11.1 Å². The quantitative estimate of drug-likeness (QED) is 0.708. The molecule has 1 atom stereocenters. The van der Waals surface area contributed by atoms with Crippen molar-refractivity contribution in [3.63, 3.8) is 0 Å². The van der Waals surface area contributed by atoms with E-state index < -0.39 is 0 Å². The van der Waals surface area contributed by atoms with Crippen LogP contribution < -0.4 is 0 Å². The van der Waals surface area contributed by atoms with Gasteiger partial charge in [-0.3, -0.25) is 0 Å². The van der Waals surface area contributed by atoms with Crippen LogP contribution in [0.25, 0.3) is 0 Å². The SMILES string of the molecule is Cc1ccoc1C(Cl)c1cc(C)c(F)c(C)c1. The monoisotopic (exact) mass is 252 g/mol. The number of hydrogen-bond donors (Lipinski definition) is 0. The van der Waals surface area contributed by atoms with Crippen LogP contribution in [-0.4, -0.2) is 0 Å². The zero-order chi connectivity index (χ0) is 12.6. The summed E-state index contributed by atoms with van der Waals surface area (Å²) < 4.78 is 18.9. The van der Waals surface area contributed by atoms with Crippen molar-refractivity contribution in [3.8, 4) is 0 Å². The minimum atomic E-state index is -0.372. The first kappa shape index (κ1) is 12.2. The fraction of sp³-hybridized carbons (Fsp3) is 0.286. The molecule has 0 fully saturated rings. The predicted octanol–water partition coefficient (Wildman–Crippen LogP) is 4.67. The summed E-state index contributed by atoms with van der Waals surface area (Å²) in [5.41, 5.74) is 3.08. The van der Waals surface area contributed by atoms with Gasteiger partial charge in [-0.15, -0.1) is 11.6 Å². The highest BCUT2D eigenvalue weighted by atomic mass is 35.5. The molecule has 1 aromatic heterocycles. The summed E-state index contributed by atoms with van der Waals surface area (Å²) in [5.74, 6) is 0.547. The van der Waals surface area contributed by atoms with Gasteiger partial charge in [0.2, 0.25) is 0 Å². The lowest BCUT2D eigenvalue weighted by Crippen LogP contribution is -1.97. The van der Waals surface area contributed by atoms with E-state index in [1.165, 1.54) is 0 Å². The minimum absolute atomic E-state index is 0.172. The third-order valence-electron chi connectivity index (χ3n) is 2.88. The van der Waals surface area contributed by atoms with Crippen LogP contribution in [0.3, 0.4) is 0 Å². The molecule has 0 radical (unpaired) electrons. The van der Waals surface area contributed by atoms with Crippen molar-refractivity contribution >= 4 is 11.6 Å². The normalized spacial score (nSPS) is 12.8. The maximum atomic E-state index is 13.5. The molecule has 2 aromatic rings. The Morgan fingerprint density at radius 2 is 1.71 bits per heavy atom. The standard InChI is InChI=1S/C14H14ClFO/c1-8-4-5-17-14(8)12(15)11-6-9(2)13(16)10(3)7-11/h4-7,12H,1-3H3. The van der Waals surface area contributed by atoms with Gasteiger partial charge < -0.3 is 4.42 Å². The lowest BCUT2D eigenvalue weighted by molar-refractivity contribution is 0.513. The molecule has 1 unspecified atom stereocenters. The number of alkyl halides is 1. The van der Waals surface area contributed by atoms with Gasteiger partial charge in [0.05, 0.1) is 6.26 Å². The second-order valence-electron chi connectivity index (χ2n) is 4.30. The van der Waals surface area contributed by atoms with Gasteiger partial charge in [0.25, 0.3) is 0 Å². The Morgan fingerprint density at radius 1 is 1.12 bits per heavy atom. The number of aryl methyl sites for hydroxylation is 3. The Morgan fingerprint density at radius 3 is 2.18 bits per heavy atom. The van der Waals surface area contributed by atoms with Crippen molar-refractivity contribution in [1.29, 1.82) is 0 Å². The topological polar surface area (TPSA) is 13.1 Å². The van der Waals surface area contributed by atoms with Gasteiger partial charge in [-0.05, 0) is 49.1 Å². The number of rotatable bonds is 2. The molecule has 0 N–H and O–H groups in total. The van der Waals surface area contributed by atoms with Gasteiger partial charge in [-0.25, -0.2) is 4.39 Å². The van der Waals surface area contributed by atoms with Crippen LogP contribution in [0.1, 0.15) is 33.4 Å². The molecule has 3 heteroatoms. The summed E-state index contributed by atoms with van der Waals surface area (Å²) in [4.78, 5) is 0. The summed E-state index contributed by atoms with van der Waals surface area (Å²) in [6.07, 6.45) is 1.61. The van der Waals surface area contributed by atoms with E-state index in [0.717, 1.165) is 16.9 Å². The highest BCUT2D eigenvalue weighted by molar-refractivity contribution is 6.22. The largest absolute Gasteiger partial charge is 0.467 e. The average Bonchev–Trinajstić information content (AvgIpc) is 2.70. The summed E-state index contributed by atoms with van der Waals surface area (Å²) in [7, 11) is 0. The molecule has 1 aromatic carbocycles. The number of hydrogen-bond acceptors (Lipinski definition) is 1. The Bertz CT molecular complexity index is 522. The first-order valence-electron chi connectivity index (χ1n) is 5.45. The predicted molar refractivity (Wildman–Crippen MR) is 67.0 cm³/mol. The van der Waals surface area contributed by atoms with E-state index in [-0.39, 0.29) is 11.2 Å². The molecule has 0 amide bonds. The molecular formula is C14H14ClFO. The highest BCUT2D eigenvalue weighted by Gasteiger charge is 2.18. The first-order valence-corrected chi connectivity index (χ1v) is 5.89. The smallest absolute Gasteiger partial charge is 0.129 e. The lowest BCUT2D eigenvalue weighted by atomic mass is 10.0. The molecule has 90 valence electrons. The van der Waals surface area contributed by atoms with E-state index in [4.69, 9.17) is 16.0 Å². The van der Waals surface area contributed by atoms with Crippen LogP contribution in [-0.2, 0) is 0 Å². The first-order chi connectivity index (χ1) is 8.00. The van der Waals surface area contributed by atoms with Crippen molar-refractivity contribution < 1.29 is 8.81 Å². The van der Waals surface area contributed by atoms with E-state index in [1.54, 1.807) is 32.2 Å². The van der Waals surface area contributed by atoms with Gasteiger partial charge in [-0.1, -0.05) is 12.1 Å². The van der Waals surface area contributed by atoms with Crippen LogP contribution in [0.5, 0.6) is 0 Å². The number of benzene rings is 1. The summed E-state index contributed by atoms with van der Waals surface area (Å²) in [6.45, 7) is 5.42. The summed E-state index contributed by atoms with van der Waals surface area (Å²) in [6, 6.07) is 5.40. The molecule has 2 rings (SSSR count). The average molecular weight is 253 g/mol. The van der Waals surface area contributed by atoms with Gasteiger partial charge in [0.1, 0.15) is 17.0 Å². The molecule has 0 saturated heterocycles. The van der Waals surface area contributed by atoms with Crippen molar-refractivity contribution in [2.45, 2.75) is 26.1 Å². The van der Waals surface area contributed by atoms with Crippen LogP contribution in [0.4, 0.5) is 4.39 Å². The summed E-state index contributed by atoms with van der Waals surface area (Å²) >= 11 is 6.36. The Hall–Kier alpha value is -1.28. The lowest BCUT2D eigenvalue weighted by Gasteiger charge is -2.11. The van der Waals surface area contributed by atoms with Gasteiger partial charge in [-0.2, -0.15) is 0 Å². The molecule has 0 saturated carbocycles. The molecule has 0 aliphatic rings. The molecule has 0 aliphatic carbocycles. The molecule has 17 heavy (non-hydrogen) atoms. The molecule has 1 nitrogen and oxygen atoms in total. The van der Waals surface area contributed by atoms with E-state index in [1.807, 2.05) is 13.0 Å². The Balaban J connectivity index is 2.45. The number of furan rings is 1. The van der Waals surface area contributed by atoms with E-state index >= 15 is 0 Å². The van der Waals surface area contributed by atoms with E-state index in [2.05, 4.69) is 0 Å². The maximum Gasteiger partial charge on any atom is 0.129 e. The van der Waals surface area contributed by atoms with Gasteiger partial charge in [0.15, 0.2) is 0 Å². The Kier molecular flexibility index (Phi) is 3.25. The zero-order valence-electron chi connectivity index (χ0n) is 10.1.